The lowest BCUT2D eigenvalue weighted by Gasteiger charge is -2.14. The van der Waals surface area contributed by atoms with E-state index in [0.717, 1.165) is 11.4 Å². The molecule has 0 N–H and O–H groups in total. The molecule has 264 valence electrons. The molecule has 1 aliphatic carbocycles. The Hall–Kier alpha value is -1.80. The van der Waals surface area contributed by atoms with E-state index in [9.17, 15) is 4.79 Å². The van der Waals surface area contributed by atoms with E-state index in [-0.39, 0.29) is 11.9 Å². The van der Waals surface area contributed by atoms with E-state index in [1.54, 1.807) is 0 Å². The number of carbonyl (C=O) groups is 1. The third kappa shape index (κ3) is 16.4. The zero-order chi connectivity index (χ0) is 33.4. The Labute approximate surface area is 295 Å². The molecule has 0 aromatic heterocycles. The normalized spacial score (nSPS) is 13.6. The molecule has 1 unspecified atom stereocenters. The number of ether oxygens (including phenoxy) is 1. The molecule has 0 saturated heterocycles. The van der Waals surface area contributed by atoms with Gasteiger partial charge in [0.2, 0.25) is 0 Å². The highest BCUT2D eigenvalue weighted by Gasteiger charge is 2.30. The Balaban J connectivity index is 1.09. The highest BCUT2D eigenvalue weighted by Crippen LogP contribution is 2.46. The number of hydrogen-bond acceptors (Lipinski definition) is 2. The fourth-order valence-corrected chi connectivity index (χ4v) is 7.74. The van der Waals surface area contributed by atoms with Crippen LogP contribution in [-0.4, -0.2) is 12.6 Å². The fraction of sp³-hybridized carbons (Fsp3) is 0.705. The summed E-state index contributed by atoms with van der Waals surface area (Å²) in [7, 11) is 0. The summed E-state index contributed by atoms with van der Waals surface area (Å²) in [6, 6.07) is 13.0. The van der Waals surface area contributed by atoms with Crippen LogP contribution in [0.3, 0.4) is 0 Å². The first-order chi connectivity index (χ1) is 23.1. The van der Waals surface area contributed by atoms with Crippen molar-refractivity contribution in [1.29, 1.82) is 0 Å². The molecule has 0 spiro atoms. The number of benzene rings is 2. The van der Waals surface area contributed by atoms with E-state index < -0.39 is 0 Å². The average molecular weight is 665 g/mol. The van der Waals surface area contributed by atoms with E-state index in [4.69, 9.17) is 16.3 Å². The molecular formula is C44H69ClO2. The minimum absolute atomic E-state index is 0.0662. The van der Waals surface area contributed by atoms with Crippen molar-refractivity contribution in [1.82, 2.24) is 0 Å². The number of rotatable bonds is 29. The van der Waals surface area contributed by atoms with Crippen molar-refractivity contribution in [2.75, 3.05) is 6.61 Å². The molecule has 2 aromatic rings. The van der Waals surface area contributed by atoms with Crippen LogP contribution in [0.25, 0.3) is 11.1 Å². The van der Waals surface area contributed by atoms with Crippen LogP contribution in [0.1, 0.15) is 203 Å². The quantitative estimate of drug-likeness (QED) is 0.0639. The van der Waals surface area contributed by atoms with Gasteiger partial charge in [-0.15, -0.1) is 0 Å². The van der Waals surface area contributed by atoms with Gasteiger partial charge in [-0.25, -0.2) is 0 Å². The summed E-state index contributed by atoms with van der Waals surface area (Å²) in [5, 5.41) is 0.732. The first kappa shape index (κ1) is 39.6. The number of aryl methyl sites for hydroxylation is 1. The summed E-state index contributed by atoms with van der Waals surface area (Å²) in [5.41, 5.74) is 6.30. The number of hydrogen-bond donors (Lipinski definition) is 0. The standard InChI is InChI=1S/C44H69ClO2/c1-3-4-5-6-7-8-9-10-11-12-13-14-15-16-17-18-19-20-21-22-23-24-25-26-27-28-29-38-30-32-40-41-33-31-39(45)35-43(41)44(42(40)34-38)36-47-37(2)46/h30-35,44H,3-29,36H2,1-2H3. The zero-order valence-electron chi connectivity index (χ0n) is 30.5. The summed E-state index contributed by atoms with van der Waals surface area (Å²) in [5.74, 6) is -0.166. The predicted molar refractivity (Wildman–Crippen MR) is 205 cm³/mol. The molecule has 0 aliphatic heterocycles. The van der Waals surface area contributed by atoms with Gasteiger partial charge in [0.1, 0.15) is 6.61 Å². The fourth-order valence-electron chi connectivity index (χ4n) is 7.56. The Bertz CT molecular complexity index is 1110. The summed E-state index contributed by atoms with van der Waals surface area (Å²) in [6.07, 6.45) is 38.3. The van der Waals surface area contributed by atoms with Gasteiger partial charge in [-0.05, 0) is 52.8 Å². The van der Waals surface area contributed by atoms with Crippen LogP contribution in [0.4, 0.5) is 0 Å². The van der Waals surface area contributed by atoms with Crippen molar-refractivity contribution in [2.45, 2.75) is 193 Å². The largest absolute Gasteiger partial charge is 0.465 e. The lowest BCUT2D eigenvalue weighted by molar-refractivity contribution is -0.141. The van der Waals surface area contributed by atoms with Crippen LogP contribution >= 0.6 is 11.6 Å². The maximum atomic E-state index is 11.5. The molecule has 2 aromatic carbocycles. The second-order valence-corrected chi connectivity index (χ2v) is 15.0. The average Bonchev–Trinajstić information content (AvgIpc) is 3.36. The Morgan fingerprint density at radius 2 is 0.936 bits per heavy atom. The van der Waals surface area contributed by atoms with Gasteiger partial charge in [0, 0.05) is 17.9 Å². The van der Waals surface area contributed by atoms with Gasteiger partial charge in [0.25, 0.3) is 0 Å². The van der Waals surface area contributed by atoms with Crippen molar-refractivity contribution in [3.8, 4) is 11.1 Å². The lowest BCUT2D eigenvalue weighted by atomic mass is 9.95. The third-order valence-corrected chi connectivity index (χ3v) is 10.7. The van der Waals surface area contributed by atoms with E-state index in [0.29, 0.717) is 6.61 Å². The number of esters is 1. The molecule has 3 rings (SSSR count). The van der Waals surface area contributed by atoms with Crippen molar-refractivity contribution in [3.05, 3.63) is 58.1 Å². The van der Waals surface area contributed by atoms with Crippen molar-refractivity contribution in [3.63, 3.8) is 0 Å². The Kier molecular flexibility index (Phi) is 21.3. The third-order valence-electron chi connectivity index (χ3n) is 10.4. The van der Waals surface area contributed by atoms with Crippen LogP contribution < -0.4 is 0 Å². The van der Waals surface area contributed by atoms with Gasteiger partial charge in [-0.1, -0.05) is 203 Å². The molecule has 0 heterocycles. The first-order valence-corrected chi connectivity index (χ1v) is 20.5. The molecule has 1 aliphatic rings. The number of fused-ring (bicyclic) bond motifs is 3. The maximum absolute atomic E-state index is 11.5. The summed E-state index contributed by atoms with van der Waals surface area (Å²) < 4.78 is 5.46. The molecule has 0 radical (unpaired) electrons. The summed E-state index contributed by atoms with van der Waals surface area (Å²) >= 11 is 6.33. The molecule has 1 atom stereocenters. The molecular weight excluding hydrogens is 596 g/mol. The van der Waals surface area contributed by atoms with Gasteiger partial charge in [-0.3, -0.25) is 4.79 Å². The van der Waals surface area contributed by atoms with E-state index in [2.05, 4.69) is 31.2 Å². The minimum atomic E-state index is -0.233. The van der Waals surface area contributed by atoms with Gasteiger partial charge in [-0.2, -0.15) is 0 Å². The van der Waals surface area contributed by atoms with Crippen LogP contribution in [-0.2, 0) is 16.0 Å². The Morgan fingerprint density at radius 1 is 0.553 bits per heavy atom. The highest BCUT2D eigenvalue weighted by atomic mass is 35.5. The Morgan fingerprint density at radius 3 is 1.36 bits per heavy atom. The van der Waals surface area contributed by atoms with Crippen molar-refractivity contribution >= 4 is 17.6 Å². The van der Waals surface area contributed by atoms with E-state index in [1.807, 2.05) is 12.1 Å². The smallest absolute Gasteiger partial charge is 0.302 e. The molecule has 3 heteroatoms. The van der Waals surface area contributed by atoms with Crippen LogP contribution in [0.5, 0.6) is 0 Å². The lowest BCUT2D eigenvalue weighted by Crippen LogP contribution is -2.10. The second-order valence-electron chi connectivity index (χ2n) is 14.6. The number of unbranched alkanes of at least 4 members (excludes halogenated alkanes) is 25. The predicted octanol–water partition coefficient (Wildman–Crippen LogP) is 14.7. The second kappa shape index (κ2) is 25.2. The topological polar surface area (TPSA) is 26.3 Å². The molecule has 0 saturated carbocycles. The van der Waals surface area contributed by atoms with Gasteiger partial charge >= 0.3 is 5.97 Å². The highest BCUT2D eigenvalue weighted by molar-refractivity contribution is 6.30. The van der Waals surface area contributed by atoms with Crippen LogP contribution in [0, 0.1) is 0 Å². The summed E-state index contributed by atoms with van der Waals surface area (Å²) in [4.78, 5) is 11.5. The molecule has 0 fully saturated rings. The summed E-state index contributed by atoms with van der Waals surface area (Å²) in [6.45, 7) is 4.16. The molecule has 2 nitrogen and oxygen atoms in total. The minimum Gasteiger partial charge on any atom is -0.465 e. The van der Waals surface area contributed by atoms with Gasteiger partial charge in [0.15, 0.2) is 0 Å². The zero-order valence-corrected chi connectivity index (χ0v) is 31.3. The van der Waals surface area contributed by atoms with Gasteiger partial charge < -0.3 is 4.74 Å². The van der Waals surface area contributed by atoms with Crippen LogP contribution in [0.2, 0.25) is 5.02 Å². The molecule has 0 amide bonds. The SMILES string of the molecule is CCCCCCCCCCCCCCCCCCCCCCCCCCCCc1ccc2c(c1)C(COC(C)=O)c1cc(Cl)ccc1-2. The van der Waals surface area contributed by atoms with E-state index in [1.165, 1.54) is 202 Å². The van der Waals surface area contributed by atoms with Crippen molar-refractivity contribution < 1.29 is 9.53 Å². The molecule has 0 bridgehead atoms. The first-order valence-electron chi connectivity index (χ1n) is 20.2. The molecule has 47 heavy (non-hydrogen) atoms. The van der Waals surface area contributed by atoms with E-state index >= 15 is 0 Å². The monoisotopic (exact) mass is 664 g/mol. The van der Waals surface area contributed by atoms with Crippen LogP contribution in [0.15, 0.2) is 36.4 Å². The van der Waals surface area contributed by atoms with Crippen molar-refractivity contribution in [2.24, 2.45) is 0 Å². The number of carbonyl (C=O) groups excluding carboxylic acids is 1. The maximum Gasteiger partial charge on any atom is 0.302 e. The van der Waals surface area contributed by atoms with Gasteiger partial charge in [0.05, 0.1) is 0 Å². The number of halogens is 1.